The van der Waals surface area contributed by atoms with Gasteiger partial charge in [0.1, 0.15) is 36.2 Å². The Labute approximate surface area is 225 Å². The van der Waals surface area contributed by atoms with E-state index in [-0.39, 0.29) is 5.91 Å². The molecule has 1 atom stereocenters. The molecule has 0 aliphatic carbocycles. The standard InChI is InChI=1S/C28H26ClN5O4/c1-17-25(27(35)33-22-14-20(36-2)12-13-24(22)37-3)26(34-28(32-17)30-16-31-34)21-6-4-5-7-23(21)38-15-18-8-10-19(29)11-9-18/h4-14,16,26H,15H2,1-3H3,(H,33,35)(H,30,31,32)/t26-/m1/s1. The van der Waals surface area contributed by atoms with Crippen molar-refractivity contribution >= 4 is 29.1 Å². The average Bonchev–Trinajstić information content (AvgIpc) is 3.40. The summed E-state index contributed by atoms with van der Waals surface area (Å²) in [5.74, 6) is 1.90. The monoisotopic (exact) mass is 531 g/mol. The number of rotatable bonds is 8. The Morgan fingerprint density at radius 2 is 1.84 bits per heavy atom. The first kappa shape index (κ1) is 25.2. The van der Waals surface area contributed by atoms with Crippen molar-refractivity contribution in [3.63, 3.8) is 0 Å². The first-order valence-corrected chi connectivity index (χ1v) is 12.2. The minimum Gasteiger partial charge on any atom is -0.497 e. The van der Waals surface area contributed by atoms with Gasteiger partial charge in [0.25, 0.3) is 5.91 Å². The summed E-state index contributed by atoms with van der Waals surface area (Å²) in [4.78, 5) is 18.2. The predicted molar refractivity (Wildman–Crippen MR) is 145 cm³/mol. The molecule has 1 amide bonds. The smallest absolute Gasteiger partial charge is 0.255 e. The van der Waals surface area contributed by atoms with E-state index in [1.54, 1.807) is 37.1 Å². The number of ether oxygens (including phenoxy) is 3. The molecule has 38 heavy (non-hydrogen) atoms. The van der Waals surface area contributed by atoms with Crippen LogP contribution in [0.25, 0.3) is 0 Å². The quantitative estimate of drug-likeness (QED) is 0.311. The highest BCUT2D eigenvalue weighted by molar-refractivity contribution is 6.30. The van der Waals surface area contributed by atoms with Crippen LogP contribution in [0.4, 0.5) is 11.6 Å². The molecule has 2 heterocycles. The van der Waals surface area contributed by atoms with Crippen molar-refractivity contribution in [2.75, 3.05) is 24.9 Å². The third kappa shape index (κ3) is 5.01. The van der Waals surface area contributed by atoms with Crippen LogP contribution in [-0.4, -0.2) is 34.9 Å². The summed E-state index contributed by atoms with van der Waals surface area (Å²) >= 11 is 6.03. The highest BCUT2D eigenvalue weighted by Gasteiger charge is 2.35. The molecule has 4 aromatic rings. The number of fused-ring (bicyclic) bond motifs is 1. The molecule has 0 spiro atoms. The molecular weight excluding hydrogens is 506 g/mol. The number of nitrogens with zero attached hydrogens (tertiary/aromatic N) is 3. The highest BCUT2D eigenvalue weighted by Crippen LogP contribution is 2.40. The van der Waals surface area contributed by atoms with Gasteiger partial charge in [-0.2, -0.15) is 10.1 Å². The molecule has 0 saturated heterocycles. The molecule has 9 nitrogen and oxygen atoms in total. The Morgan fingerprint density at radius 1 is 1.05 bits per heavy atom. The lowest BCUT2D eigenvalue weighted by Crippen LogP contribution is -2.31. The minimum atomic E-state index is -0.605. The van der Waals surface area contributed by atoms with E-state index in [4.69, 9.17) is 25.8 Å². The van der Waals surface area contributed by atoms with Crippen molar-refractivity contribution in [1.82, 2.24) is 14.8 Å². The molecule has 2 N–H and O–H groups in total. The predicted octanol–water partition coefficient (Wildman–Crippen LogP) is 5.46. The lowest BCUT2D eigenvalue weighted by atomic mass is 9.94. The number of aromatic nitrogens is 3. The van der Waals surface area contributed by atoms with E-state index in [0.717, 1.165) is 11.1 Å². The maximum absolute atomic E-state index is 13.9. The van der Waals surface area contributed by atoms with Gasteiger partial charge in [-0.1, -0.05) is 41.9 Å². The number of para-hydroxylation sites is 1. The van der Waals surface area contributed by atoms with Crippen LogP contribution in [0.5, 0.6) is 17.2 Å². The highest BCUT2D eigenvalue weighted by atomic mass is 35.5. The summed E-state index contributed by atoms with van der Waals surface area (Å²) < 4.78 is 18.7. The van der Waals surface area contributed by atoms with Crippen LogP contribution in [0.15, 0.2) is 84.3 Å². The van der Waals surface area contributed by atoms with Crippen molar-refractivity contribution in [3.8, 4) is 17.2 Å². The van der Waals surface area contributed by atoms with Crippen molar-refractivity contribution in [2.45, 2.75) is 19.6 Å². The molecule has 194 valence electrons. The number of benzene rings is 3. The van der Waals surface area contributed by atoms with Gasteiger partial charge in [-0.3, -0.25) is 4.79 Å². The van der Waals surface area contributed by atoms with Gasteiger partial charge < -0.3 is 24.8 Å². The zero-order valence-electron chi connectivity index (χ0n) is 21.1. The van der Waals surface area contributed by atoms with Crippen molar-refractivity contribution in [3.05, 3.63) is 100 Å². The Morgan fingerprint density at radius 3 is 2.61 bits per heavy atom. The molecule has 3 aromatic carbocycles. The maximum atomic E-state index is 13.9. The minimum absolute atomic E-state index is 0.328. The van der Waals surface area contributed by atoms with E-state index in [2.05, 4.69) is 20.7 Å². The van der Waals surface area contributed by atoms with Gasteiger partial charge in [0.2, 0.25) is 5.95 Å². The summed E-state index contributed by atoms with van der Waals surface area (Å²) in [5, 5.41) is 11.3. The van der Waals surface area contributed by atoms with Crippen molar-refractivity contribution in [1.29, 1.82) is 0 Å². The number of carbonyl (C=O) groups excluding carboxylic acids is 1. The van der Waals surface area contributed by atoms with Gasteiger partial charge in [0, 0.05) is 22.3 Å². The largest absolute Gasteiger partial charge is 0.497 e. The van der Waals surface area contributed by atoms with Crippen LogP contribution in [0.1, 0.15) is 24.1 Å². The Balaban J connectivity index is 1.52. The number of methoxy groups -OCH3 is 2. The van der Waals surface area contributed by atoms with Crippen LogP contribution >= 0.6 is 11.6 Å². The van der Waals surface area contributed by atoms with E-state index < -0.39 is 6.04 Å². The third-order valence-corrected chi connectivity index (χ3v) is 6.47. The summed E-state index contributed by atoms with van der Waals surface area (Å²) in [7, 11) is 3.11. The number of amides is 1. The SMILES string of the molecule is COc1ccc(OC)c(NC(=O)C2=C(C)Nc3ncnn3[C@@H]2c2ccccc2OCc2ccc(Cl)cc2)c1. The van der Waals surface area contributed by atoms with E-state index in [1.165, 1.54) is 6.33 Å². The van der Waals surface area contributed by atoms with E-state index in [9.17, 15) is 4.79 Å². The fourth-order valence-corrected chi connectivity index (χ4v) is 4.48. The Bertz CT molecular complexity index is 1500. The molecule has 0 radical (unpaired) electrons. The third-order valence-electron chi connectivity index (χ3n) is 6.22. The van der Waals surface area contributed by atoms with Gasteiger partial charge in [0.15, 0.2) is 0 Å². The molecule has 0 saturated carbocycles. The van der Waals surface area contributed by atoms with Crippen molar-refractivity contribution < 1.29 is 19.0 Å². The van der Waals surface area contributed by atoms with Crippen LogP contribution in [0.2, 0.25) is 5.02 Å². The summed E-state index contributed by atoms with van der Waals surface area (Å²) in [6.45, 7) is 2.16. The van der Waals surface area contributed by atoms with Crippen molar-refractivity contribution in [2.24, 2.45) is 0 Å². The molecule has 0 unspecified atom stereocenters. The molecular formula is C28H26ClN5O4. The Kier molecular flexibility index (Phi) is 7.19. The molecule has 1 aliphatic rings. The first-order chi connectivity index (χ1) is 18.5. The van der Waals surface area contributed by atoms with Gasteiger partial charge >= 0.3 is 0 Å². The molecule has 5 rings (SSSR count). The summed E-state index contributed by atoms with van der Waals surface area (Å²) in [6, 6.07) is 19.7. The van der Waals surface area contributed by atoms with E-state index in [1.807, 2.05) is 55.5 Å². The molecule has 1 aliphatic heterocycles. The van der Waals surface area contributed by atoms with Gasteiger partial charge in [0.05, 0.1) is 25.5 Å². The lowest BCUT2D eigenvalue weighted by Gasteiger charge is -2.30. The second kappa shape index (κ2) is 10.9. The topological polar surface area (TPSA) is 99.5 Å². The number of hydrogen-bond donors (Lipinski definition) is 2. The second-order valence-corrected chi connectivity index (χ2v) is 9.00. The summed E-state index contributed by atoms with van der Waals surface area (Å²) in [6.07, 6.45) is 1.45. The van der Waals surface area contributed by atoms with Crippen LogP contribution in [-0.2, 0) is 11.4 Å². The number of halogens is 1. The fraction of sp³-hybridized carbons (Fsp3) is 0.179. The fourth-order valence-electron chi connectivity index (χ4n) is 4.35. The molecule has 0 fully saturated rings. The zero-order valence-corrected chi connectivity index (χ0v) is 21.8. The average molecular weight is 532 g/mol. The summed E-state index contributed by atoms with van der Waals surface area (Å²) in [5.41, 5.74) is 3.30. The van der Waals surface area contributed by atoms with E-state index >= 15 is 0 Å². The number of anilines is 2. The van der Waals surface area contributed by atoms with Crippen LogP contribution in [0.3, 0.4) is 0 Å². The van der Waals surface area contributed by atoms with Crippen LogP contribution < -0.4 is 24.8 Å². The molecule has 10 heteroatoms. The normalized spacial score (nSPS) is 14.4. The number of nitrogens with one attached hydrogen (secondary N) is 2. The second-order valence-electron chi connectivity index (χ2n) is 8.57. The number of hydrogen-bond acceptors (Lipinski definition) is 7. The lowest BCUT2D eigenvalue weighted by molar-refractivity contribution is -0.113. The van der Waals surface area contributed by atoms with Gasteiger partial charge in [-0.05, 0) is 42.8 Å². The first-order valence-electron chi connectivity index (χ1n) is 11.9. The Hall–Kier alpha value is -4.50. The van der Waals surface area contributed by atoms with Gasteiger partial charge in [-0.15, -0.1) is 0 Å². The van der Waals surface area contributed by atoms with E-state index in [0.29, 0.717) is 51.8 Å². The molecule has 1 aromatic heterocycles. The number of carbonyl (C=O) groups is 1. The maximum Gasteiger partial charge on any atom is 0.255 e. The van der Waals surface area contributed by atoms with Crippen LogP contribution in [0, 0.1) is 0 Å². The zero-order chi connectivity index (χ0) is 26.6. The molecule has 0 bridgehead atoms. The number of allylic oxidation sites excluding steroid dienone is 1. The van der Waals surface area contributed by atoms with Gasteiger partial charge in [-0.25, -0.2) is 4.68 Å².